The molecule has 0 saturated heterocycles. The maximum atomic E-state index is 12.4. The highest BCUT2D eigenvalue weighted by atomic mass is 32.2. The molecule has 0 radical (unpaired) electrons. The summed E-state index contributed by atoms with van der Waals surface area (Å²) in [5.41, 5.74) is 3.05. The summed E-state index contributed by atoms with van der Waals surface area (Å²) in [5, 5.41) is 4.91. The summed E-state index contributed by atoms with van der Waals surface area (Å²) in [6, 6.07) is 7.64. The maximum Gasteiger partial charge on any atom is 0.230 e. The van der Waals surface area contributed by atoms with Crippen LogP contribution in [-0.4, -0.2) is 31.6 Å². The predicted molar refractivity (Wildman–Crippen MR) is 110 cm³/mol. The highest BCUT2D eigenvalue weighted by Gasteiger charge is 2.16. The molecule has 138 valence electrons. The van der Waals surface area contributed by atoms with Crippen molar-refractivity contribution in [1.29, 1.82) is 0 Å². The molecule has 0 saturated carbocycles. The predicted octanol–water partition coefficient (Wildman–Crippen LogP) is 4.15. The zero-order valence-corrected chi connectivity index (χ0v) is 16.9. The maximum absolute atomic E-state index is 12.4. The summed E-state index contributed by atoms with van der Waals surface area (Å²) in [5.74, 6) is 0.998. The standard InChI is InChI=1S/C19H19N5OS2/c1-10-12(3)27-19-16(10)18(20-9-21-19)26-8-15(25)22-11(2)17-23-13-6-4-5-7-14(13)24-17/h4-7,9,11H,8H2,1-3H3,(H,22,25)(H,23,24). The Kier molecular flexibility index (Phi) is 4.84. The van der Waals surface area contributed by atoms with Crippen LogP contribution in [0.25, 0.3) is 21.3 Å². The zero-order valence-electron chi connectivity index (χ0n) is 15.2. The Balaban J connectivity index is 1.44. The summed E-state index contributed by atoms with van der Waals surface area (Å²) in [6.07, 6.45) is 1.56. The van der Waals surface area contributed by atoms with Gasteiger partial charge in [0, 0.05) is 10.3 Å². The first kappa shape index (κ1) is 17.9. The number of amides is 1. The number of carbonyl (C=O) groups is 1. The van der Waals surface area contributed by atoms with Crippen molar-refractivity contribution in [2.45, 2.75) is 31.8 Å². The van der Waals surface area contributed by atoms with Gasteiger partial charge in [-0.2, -0.15) is 0 Å². The van der Waals surface area contributed by atoms with Crippen LogP contribution in [0.3, 0.4) is 0 Å². The number of thiophene rings is 1. The first-order valence-corrected chi connectivity index (χ1v) is 10.4. The van der Waals surface area contributed by atoms with E-state index in [0.29, 0.717) is 5.75 Å². The van der Waals surface area contributed by atoms with Gasteiger partial charge in [0.15, 0.2) is 0 Å². The number of rotatable bonds is 5. The zero-order chi connectivity index (χ0) is 19.0. The molecule has 0 aliphatic carbocycles. The van der Waals surface area contributed by atoms with Crippen molar-refractivity contribution in [3.8, 4) is 0 Å². The second kappa shape index (κ2) is 7.28. The van der Waals surface area contributed by atoms with Gasteiger partial charge >= 0.3 is 0 Å². The highest BCUT2D eigenvalue weighted by molar-refractivity contribution is 8.00. The normalized spacial score (nSPS) is 12.6. The second-order valence-electron chi connectivity index (χ2n) is 6.36. The highest BCUT2D eigenvalue weighted by Crippen LogP contribution is 2.34. The summed E-state index contributed by atoms with van der Waals surface area (Å²) in [7, 11) is 0. The largest absolute Gasteiger partial charge is 0.346 e. The van der Waals surface area contributed by atoms with Gasteiger partial charge in [-0.3, -0.25) is 4.79 Å². The minimum absolute atomic E-state index is 0.0516. The third-order valence-corrected chi connectivity index (χ3v) is 6.57. The number of para-hydroxylation sites is 2. The second-order valence-corrected chi connectivity index (χ2v) is 8.53. The number of aryl methyl sites for hydroxylation is 2. The lowest BCUT2D eigenvalue weighted by atomic mass is 10.2. The molecule has 0 fully saturated rings. The molecule has 3 aromatic heterocycles. The number of fused-ring (bicyclic) bond motifs is 2. The van der Waals surface area contributed by atoms with Gasteiger partial charge in [0.1, 0.15) is 22.0 Å². The van der Waals surface area contributed by atoms with Crippen molar-refractivity contribution < 1.29 is 4.79 Å². The number of carbonyl (C=O) groups excluding carboxylic acids is 1. The lowest BCUT2D eigenvalue weighted by Gasteiger charge is -2.11. The molecule has 0 spiro atoms. The summed E-state index contributed by atoms with van der Waals surface area (Å²) >= 11 is 3.10. The Bertz CT molecular complexity index is 1100. The summed E-state index contributed by atoms with van der Waals surface area (Å²) in [6.45, 7) is 6.08. The van der Waals surface area contributed by atoms with Gasteiger partial charge in [0.2, 0.25) is 5.91 Å². The molecule has 3 heterocycles. The first-order chi connectivity index (χ1) is 13.0. The van der Waals surface area contributed by atoms with Crippen molar-refractivity contribution in [1.82, 2.24) is 25.3 Å². The minimum atomic E-state index is -0.193. The number of hydrogen-bond donors (Lipinski definition) is 2. The Morgan fingerprint density at radius 2 is 2.11 bits per heavy atom. The molecule has 1 unspecified atom stereocenters. The fourth-order valence-corrected chi connectivity index (χ4v) is 4.85. The number of benzene rings is 1. The van der Waals surface area contributed by atoms with Gasteiger partial charge in [-0.05, 0) is 38.5 Å². The smallest absolute Gasteiger partial charge is 0.230 e. The van der Waals surface area contributed by atoms with Crippen molar-refractivity contribution >= 4 is 50.3 Å². The van der Waals surface area contributed by atoms with Crippen LogP contribution in [0, 0.1) is 13.8 Å². The molecule has 1 atom stereocenters. The number of aromatic nitrogens is 4. The lowest BCUT2D eigenvalue weighted by molar-refractivity contribution is -0.119. The monoisotopic (exact) mass is 397 g/mol. The molecule has 1 aromatic carbocycles. The van der Waals surface area contributed by atoms with Crippen LogP contribution in [0.1, 0.15) is 29.2 Å². The molecule has 27 heavy (non-hydrogen) atoms. The van der Waals surface area contributed by atoms with Crippen LogP contribution < -0.4 is 5.32 Å². The molecular formula is C19H19N5OS2. The van der Waals surface area contributed by atoms with E-state index in [4.69, 9.17) is 0 Å². The van der Waals surface area contributed by atoms with Crippen molar-refractivity contribution in [3.05, 3.63) is 46.9 Å². The van der Waals surface area contributed by atoms with E-state index in [-0.39, 0.29) is 11.9 Å². The van der Waals surface area contributed by atoms with E-state index in [9.17, 15) is 4.79 Å². The Morgan fingerprint density at radius 3 is 2.93 bits per heavy atom. The number of nitrogens with one attached hydrogen (secondary N) is 2. The quantitative estimate of drug-likeness (QED) is 0.390. The van der Waals surface area contributed by atoms with Crippen LogP contribution in [0.15, 0.2) is 35.6 Å². The molecule has 4 rings (SSSR count). The van der Waals surface area contributed by atoms with E-state index in [1.54, 1.807) is 17.7 Å². The third-order valence-electron chi connectivity index (χ3n) is 4.47. The van der Waals surface area contributed by atoms with E-state index in [1.807, 2.05) is 31.2 Å². The fourth-order valence-electron chi connectivity index (χ4n) is 2.92. The van der Waals surface area contributed by atoms with Crippen molar-refractivity contribution in [2.24, 2.45) is 0 Å². The summed E-state index contributed by atoms with van der Waals surface area (Å²) < 4.78 is 0. The number of aromatic amines is 1. The van der Waals surface area contributed by atoms with Gasteiger partial charge in [0.25, 0.3) is 0 Å². The van der Waals surface area contributed by atoms with E-state index in [2.05, 4.69) is 39.1 Å². The number of nitrogens with zero attached hydrogens (tertiary/aromatic N) is 3. The van der Waals surface area contributed by atoms with Crippen molar-refractivity contribution in [3.63, 3.8) is 0 Å². The van der Waals surface area contributed by atoms with Gasteiger partial charge in [-0.25, -0.2) is 15.0 Å². The van der Waals surface area contributed by atoms with Crippen molar-refractivity contribution in [2.75, 3.05) is 5.75 Å². The molecule has 0 aliphatic rings. The van der Waals surface area contributed by atoms with Gasteiger partial charge in [-0.15, -0.1) is 11.3 Å². The number of hydrogen-bond acceptors (Lipinski definition) is 6. The SMILES string of the molecule is Cc1sc2ncnc(SCC(=O)NC(C)c3nc4ccccc4[nH]3)c2c1C. The average molecular weight is 398 g/mol. The van der Waals surface area contributed by atoms with Crippen LogP contribution in [0.2, 0.25) is 0 Å². The summed E-state index contributed by atoms with van der Waals surface area (Å²) in [4.78, 5) is 31.1. The fraction of sp³-hybridized carbons (Fsp3) is 0.263. The molecule has 6 nitrogen and oxygen atoms in total. The molecule has 8 heteroatoms. The number of H-pyrrole nitrogens is 1. The van der Waals surface area contributed by atoms with E-state index < -0.39 is 0 Å². The topological polar surface area (TPSA) is 83.6 Å². The number of thioether (sulfide) groups is 1. The van der Waals surface area contributed by atoms with Gasteiger partial charge < -0.3 is 10.3 Å². The van der Waals surface area contributed by atoms with E-state index in [1.165, 1.54) is 22.2 Å². The molecule has 0 bridgehead atoms. The van der Waals surface area contributed by atoms with E-state index in [0.717, 1.165) is 32.1 Å². The Hall–Kier alpha value is -2.45. The molecular weight excluding hydrogens is 378 g/mol. The Labute approximate surface area is 164 Å². The average Bonchev–Trinajstić information content (AvgIpc) is 3.22. The lowest BCUT2D eigenvalue weighted by Crippen LogP contribution is -2.28. The first-order valence-electron chi connectivity index (χ1n) is 8.60. The van der Waals surface area contributed by atoms with Gasteiger partial charge in [-0.1, -0.05) is 23.9 Å². The molecule has 1 amide bonds. The minimum Gasteiger partial charge on any atom is -0.346 e. The van der Waals surface area contributed by atoms with Crippen LogP contribution >= 0.6 is 23.1 Å². The van der Waals surface area contributed by atoms with Gasteiger partial charge in [0.05, 0.1) is 22.8 Å². The molecule has 2 N–H and O–H groups in total. The number of imidazole rings is 1. The van der Waals surface area contributed by atoms with E-state index >= 15 is 0 Å². The third kappa shape index (κ3) is 3.54. The molecule has 4 aromatic rings. The van der Waals surface area contributed by atoms with Crippen LogP contribution in [0.4, 0.5) is 0 Å². The molecule has 0 aliphatic heterocycles. The van der Waals surface area contributed by atoms with Crippen LogP contribution in [0.5, 0.6) is 0 Å². The Morgan fingerprint density at radius 1 is 1.30 bits per heavy atom. The van der Waals surface area contributed by atoms with Crippen LogP contribution in [-0.2, 0) is 4.79 Å².